The molecule has 100 valence electrons. The number of fused-ring (bicyclic) bond motifs is 1. The zero-order chi connectivity index (χ0) is 14.2. The Morgan fingerprint density at radius 3 is 2.47 bits per heavy atom. The molecule has 0 spiro atoms. The molecule has 0 aliphatic rings. The van der Waals surface area contributed by atoms with Crippen LogP contribution in [0.3, 0.4) is 0 Å². The number of carboxylic acids is 1. The highest BCUT2D eigenvalue weighted by molar-refractivity contribution is 6.02. The van der Waals surface area contributed by atoms with Crippen molar-refractivity contribution in [3.05, 3.63) is 41.1 Å². The van der Waals surface area contributed by atoms with Gasteiger partial charge in [-0.1, -0.05) is 33.8 Å². The van der Waals surface area contributed by atoms with Crippen molar-refractivity contribution in [3.8, 4) is 0 Å². The average Bonchev–Trinajstić information content (AvgIpc) is 2.35. The van der Waals surface area contributed by atoms with Crippen LogP contribution in [0.1, 0.15) is 49.3 Å². The van der Waals surface area contributed by atoms with Gasteiger partial charge in [-0.3, -0.25) is 4.98 Å². The van der Waals surface area contributed by atoms with E-state index < -0.39 is 5.97 Å². The number of rotatable bonds is 2. The van der Waals surface area contributed by atoms with E-state index in [1.807, 2.05) is 25.1 Å². The van der Waals surface area contributed by atoms with Gasteiger partial charge in [-0.15, -0.1) is 0 Å². The highest BCUT2D eigenvalue weighted by Gasteiger charge is 2.17. The van der Waals surface area contributed by atoms with Gasteiger partial charge in [-0.25, -0.2) is 4.79 Å². The van der Waals surface area contributed by atoms with Gasteiger partial charge in [0.15, 0.2) is 0 Å². The van der Waals surface area contributed by atoms with Crippen molar-refractivity contribution >= 4 is 16.9 Å². The first-order valence-corrected chi connectivity index (χ1v) is 6.50. The molecule has 0 saturated carbocycles. The minimum absolute atomic E-state index is 0.00656. The van der Waals surface area contributed by atoms with Crippen LogP contribution in [0.5, 0.6) is 0 Å². The van der Waals surface area contributed by atoms with Gasteiger partial charge >= 0.3 is 5.97 Å². The van der Waals surface area contributed by atoms with E-state index in [4.69, 9.17) is 0 Å². The normalized spacial score (nSPS) is 11.8. The Hall–Kier alpha value is -1.90. The Labute approximate surface area is 113 Å². The van der Waals surface area contributed by atoms with Crippen LogP contribution in [-0.4, -0.2) is 16.1 Å². The maximum absolute atomic E-state index is 11.4. The summed E-state index contributed by atoms with van der Waals surface area (Å²) in [5.74, 6) is -0.895. The first kappa shape index (κ1) is 13.5. The number of nitrogens with zero attached hydrogens (tertiary/aromatic N) is 1. The van der Waals surface area contributed by atoms with Gasteiger partial charge in [0.25, 0.3) is 0 Å². The molecule has 0 saturated heterocycles. The van der Waals surface area contributed by atoms with E-state index in [1.54, 1.807) is 6.07 Å². The third-order valence-electron chi connectivity index (χ3n) is 3.32. The summed E-state index contributed by atoms with van der Waals surface area (Å²) < 4.78 is 0. The van der Waals surface area contributed by atoms with Crippen molar-refractivity contribution < 1.29 is 9.90 Å². The lowest BCUT2D eigenvalue weighted by atomic mass is 9.86. The van der Waals surface area contributed by atoms with Crippen LogP contribution in [0.2, 0.25) is 0 Å². The maximum atomic E-state index is 11.4. The fraction of sp³-hybridized carbons (Fsp3) is 0.375. The summed E-state index contributed by atoms with van der Waals surface area (Å²) in [4.78, 5) is 15.9. The van der Waals surface area contributed by atoms with Crippen molar-refractivity contribution in [2.45, 2.75) is 39.5 Å². The molecule has 0 bridgehead atoms. The number of benzene rings is 1. The standard InChI is InChI=1S/C16H19NO2/c1-5-11-9-13(15(18)19)12-8-10(16(2,3)4)6-7-14(12)17-11/h6-9H,5H2,1-4H3,(H,18,19). The van der Waals surface area contributed by atoms with Crippen LogP contribution in [0.25, 0.3) is 10.9 Å². The molecule has 0 atom stereocenters. The lowest BCUT2D eigenvalue weighted by Crippen LogP contribution is -2.11. The van der Waals surface area contributed by atoms with E-state index >= 15 is 0 Å². The third kappa shape index (κ3) is 2.60. The van der Waals surface area contributed by atoms with Gasteiger partial charge in [0.1, 0.15) is 0 Å². The summed E-state index contributed by atoms with van der Waals surface area (Å²) in [6.07, 6.45) is 0.733. The molecular weight excluding hydrogens is 238 g/mol. The van der Waals surface area contributed by atoms with Gasteiger partial charge < -0.3 is 5.11 Å². The van der Waals surface area contributed by atoms with E-state index in [-0.39, 0.29) is 5.41 Å². The predicted molar refractivity (Wildman–Crippen MR) is 76.8 cm³/mol. The monoisotopic (exact) mass is 257 g/mol. The molecule has 2 rings (SSSR count). The average molecular weight is 257 g/mol. The van der Waals surface area contributed by atoms with Crippen molar-refractivity contribution in [1.29, 1.82) is 0 Å². The smallest absolute Gasteiger partial charge is 0.336 e. The summed E-state index contributed by atoms with van der Waals surface area (Å²) in [6, 6.07) is 7.57. The molecule has 2 aromatic rings. The summed E-state index contributed by atoms with van der Waals surface area (Å²) in [5.41, 5.74) is 3.02. The van der Waals surface area contributed by atoms with Crippen molar-refractivity contribution in [3.63, 3.8) is 0 Å². The molecule has 0 aliphatic carbocycles. The minimum Gasteiger partial charge on any atom is -0.478 e. The largest absolute Gasteiger partial charge is 0.478 e. The fourth-order valence-electron chi connectivity index (χ4n) is 2.11. The molecule has 3 heteroatoms. The number of aromatic nitrogens is 1. The number of pyridine rings is 1. The van der Waals surface area contributed by atoms with Gasteiger partial charge in [0, 0.05) is 11.1 Å². The van der Waals surface area contributed by atoms with Crippen molar-refractivity contribution in [2.24, 2.45) is 0 Å². The summed E-state index contributed by atoms with van der Waals surface area (Å²) in [7, 11) is 0. The predicted octanol–water partition coefficient (Wildman–Crippen LogP) is 3.79. The zero-order valence-corrected chi connectivity index (χ0v) is 11.8. The van der Waals surface area contributed by atoms with Crippen LogP contribution in [0.15, 0.2) is 24.3 Å². The Morgan fingerprint density at radius 2 is 1.95 bits per heavy atom. The summed E-state index contributed by atoms with van der Waals surface area (Å²) >= 11 is 0. The molecule has 0 radical (unpaired) electrons. The number of hydrogen-bond donors (Lipinski definition) is 1. The van der Waals surface area contributed by atoms with E-state index in [1.165, 1.54) is 0 Å². The van der Waals surface area contributed by atoms with Crippen LogP contribution in [0, 0.1) is 0 Å². The highest BCUT2D eigenvalue weighted by Crippen LogP contribution is 2.27. The number of carbonyl (C=O) groups is 1. The first-order chi connectivity index (χ1) is 8.82. The quantitative estimate of drug-likeness (QED) is 0.890. The van der Waals surface area contributed by atoms with E-state index in [2.05, 4.69) is 25.8 Å². The lowest BCUT2D eigenvalue weighted by Gasteiger charge is -2.19. The molecule has 3 nitrogen and oxygen atoms in total. The summed E-state index contributed by atoms with van der Waals surface area (Å²) in [5, 5.41) is 10.1. The third-order valence-corrected chi connectivity index (χ3v) is 3.32. The Morgan fingerprint density at radius 1 is 1.26 bits per heavy atom. The lowest BCUT2D eigenvalue weighted by molar-refractivity contribution is 0.0699. The van der Waals surface area contributed by atoms with Crippen LogP contribution in [-0.2, 0) is 11.8 Å². The van der Waals surface area contributed by atoms with Crippen molar-refractivity contribution in [1.82, 2.24) is 4.98 Å². The van der Waals surface area contributed by atoms with Gasteiger partial charge in [0.05, 0.1) is 11.1 Å². The van der Waals surface area contributed by atoms with Gasteiger partial charge in [-0.05, 0) is 35.6 Å². The minimum atomic E-state index is -0.895. The van der Waals surface area contributed by atoms with Crippen molar-refractivity contribution in [2.75, 3.05) is 0 Å². The molecule has 1 heterocycles. The van der Waals surface area contributed by atoms with Gasteiger partial charge in [-0.2, -0.15) is 0 Å². The Balaban J connectivity index is 2.77. The fourth-order valence-corrected chi connectivity index (χ4v) is 2.11. The second kappa shape index (κ2) is 4.65. The SMILES string of the molecule is CCc1cc(C(=O)O)c2cc(C(C)(C)C)ccc2n1. The van der Waals surface area contributed by atoms with Crippen LogP contribution >= 0.6 is 0 Å². The molecular formula is C16H19NO2. The number of hydrogen-bond acceptors (Lipinski definition) is 2. The first-order valence-electron chi connectivity index (χ1n) is 6.50. The number of aryl methyl sites for hydroxylation is 1. The Bertz CT molecular complexity index is 639. The maximum Gasteiger partial charge on any atom is 0.336 e. The second-order valence-corrected chi connectivity index (χ2v) is 5.80. The van der Waals surface area contributed by atoms with E-state index in [0.717, 1.165) is 28.6 Å². The van der Waals surface area contributed by atoms with Gasteiger partial charge in [0.2, 0.25) is 0 Å². The Kier molecular flexibility index (Phi) is 3.31. The van der Waals surface area contributed by atoms with E-state index in [0.29, 0.717) is 5.56 Å². The van der Waals surface area contributed by atoms with E-state index in [9.17, 15) is 9.90 Å². The molecule has 19 heavy (non-hydrogen) atoms. The van der Waals surface area contributed by atoms with Crippen LogP contribution < -0.4 is 0 Å². The molecule has 1 N–H and O–H groups in total. The summed E-state index contributed by atoms with van der Waals surface area (Å²) in [6.45, 7) is 8.32. The number of carboxylic acid groups (broad SMARTS) is 1. The topological polar surface area (TPSA) is 50.2 Å². The molecule has 1 aromatic heterocycles. The molecule has 0 fully saturated rings. The zero-order valence-electron chi connectivity index (χ0n) is 11.8. The highest BCUT2D eigenvalue weighted by atomic mass is 16.4. The molecule has 0 aliphatic heterocycles. The second-order valence-electron chi connectivity index (χ2n) is 5.80. The molecule has 0 amide bonds. The number of aromatic carboxylic acids is 1. The molecule has 0 unspecified atom stereocenters. The van der Waals surface area contributed by atoms with Crippen LogP contribution in [0.4, 0.5) is 0 Å². The molecule has 1 aromatic carbocycles.